The van der Waals surface area contributed by atoms with Crippen LogP contribution in [0.1, 0.15) is 12.8 Å². The van der Waals surface area contributed by atoms with Crippen LogP contribution >= 0.6 is 0 Å². The van der Waals surface area contributed by atoms with Crippen LogP contribution < -0.4 is 0 Å². The summed E-state index contributed by atoms with van der Waals surface area (Å²) < 4.78 is 12.3. The van der Waals surface area contributed by atoms with Crippen LogP contribution in [0.25, 0.3) is 0 Å². The molecule has 5 atom stereocenters. The number of hydrogen-bond acceptors (Lipinski definition) is 3. The molecule has 4 heterocycles. The Morgan fingerprint density at radius 1 is 1.20 bits per heavy atom. The summed E-state index contributed by atoms with van der Waals surface area (Å²) in [6, 6.07) is 1.26. The van der Waals surface area contributed by atoms with Gasteiger partial charge in [0.1, 0.15) is 0 Å². The second-order valence-electron chi connectivity index (χ2n) is 6.19. The van der Waals surface area contributed by atoms with Crippen LogP contribution in [-0.2, 0) is 9.16 Å². The maximum absolute atomic E-state index is 6.31. The van der Waals surface area contributed by atoms with Gasteiger partial charge in [0.25, 0.3) is 0 Å². The highest BCUT2D eigenvalue weighted by Crippen LogP contribution is 2.46. The van der Waals surface area contributed by atoms with Crippen LogP contribution in [0.2, 0.25) is 19.6 Å². The molecule has 0 aromatic carbocycles. The standard InChI is InChI=1S/C11H21NO2Si/c1-12-8-5-7-6-9(12)11(10(8)13-7)14-15(2,3)4/h7-11H,5-6H2,1-4H3/t7-,8+,9+,10-,11+/m0/s1. The lowest BCUT2D eigenvalue weighted by molar-refractivity contribution is -0.0684. The summed E-state index contributed by atoms with van der Waals surface area (Å²) >= 11 is 0. The topological polar surface area (TPSA) is 21.7 Å². The fraction of sp³-hybridized carbons (Fsp3) is 1.00. The fourth-order valence-corrected chi connectivity index (χ4v) is 4.55. The zero-order valence-corrected chi connectivity index (χ0v) is 11.1. The van der Waals surface area contributed by atoms with Crippen LogP contribution in [0, 0.1) is 0 Å². The lowest BCUT2D eigenvalue weighted by atomic mass is 10.0. The lowest BCUT2D eigenvalue weighted by Crippen LogP contribution is -2.49. The maximum Gasteiger partial charge on any atom is 0.184 e. The Labute approximate surface area is 92.9 Å². The van der Waals surface area contributed by atoms with Crippen LogP contribution in [0.15, 0.2) is 0 Å². The van der Waals surface area contributed by atoms with E-state index in [1.807, 2.05) is 0 Å². The molecule has 4 bridgehead atoms. The summed E-state index contributed by atoms with van der Waals surface area (Å²) in [7, 11) is 0.801. The molecule has 0 radical (unpaired) electrons. The Hall–Kier alpha value is 0.0969. The lowest BCUT2D eigenvalue weighted by Gasteiger charge is -2.38. The van der Waals surface area contributed by atoms with E-state index in [2.05, 4.69) is 31.6 Å². The molecule has 3 nitrogen and oxygen atoms in total. The Morgan fingerprint density at radius 3 is 2.47 bits per heavy atom. The van der Waals surface area contributed by atoms with E-state index in [9.17, 15) is 0 Å². The van der Waals surface area contributed by atoms with Gasteiger partial charge in [0.2, 0.25) is 0 Å². The molecule has 4 fully saturated rings. The molecule has 4 aliphatic heterocycles. The van der Waals surface area contributed by atoms with Gasteiger partial charge in [0, 0.05) is 12.1 Å². The number of nitrogens with zero attached hydrogens (tertiary/aromatic N) is 1. The van der Waals surface area contributed by atoms with Gasteiger partial charge in [0.05, 0.1) is 18.3 Å². The van der Waals surface area contributed by atoms with E-state index < -0.39 is 8.32 Å². The highest BCUT2D eigenvalue weighted by molar-refractivity contribution is 6.69. The van der Waals surface area contributed by atoms with Crippen molar-refractivity contribution in [2.45, 2.75) is 62.9 Å². The van der Waals surface area contributed by atoms with Crippen LogP contribution in [0.4, 0.5) is 0 Å². The van der Waals surface area contributed by atoms with Crippen molar-refractivity contribution in [3.8, 4) is 0 Å². The Balaban J connectivity index is 1.81. The molecule has 4 heteroatoms. The van der Waals surface area contributed by atoms with Gasteiger partial charge in [-0.15, -0.1) is 0 Å². The number of hydrogen-bond donors (Lipinski definition) is 0. The predicted octanol–water partition coefficient (Wildman–Crippen LogP) is 1.45. The van der Waals surface area contributed by atoms with Gasteiger partial charge in [-0.25, -0.2) is 0 Å². The molecule has 0 aromatic heterocycles. The molecule has 4 rings (SSSR count). The minimum atomic E-state index is -1.44. The average Bonchev–Trinajstić information content (AvgIpc) is 2.50. The Morgan fingerprint density at radius 2 is 1.87 bits per heavy atom. The average molecular weight is 227 g/mol. The molecular weight excluding hydrogens is 206 g/mol. The van der Waals surface area contributed by atoms with Crippen molar-refractivity contribution in [1.29, 1.82) is 0 Å². The molecule has 0 N–H and O–H groups in total. The van der Waals surface area contributed by atoms with E-state index in [4.69, 9.17) is 9.16 Å². The van der Waals surface area contributed by atoms with E-state index in [0.29, 0.717) is 30.4 Å². The largest absolute Gasteiger partial charge is 0.410 e. The quantitative estimate of drug-likeness (QED) is 0.667. The molecule has 4 aliphatic rings. The highest BCUT2D eigenvalue weighted by atomic mass is 28.4. The molecule has 0 aliphatic carbocycles. The van der Waals surface area contributed by atoms with E-state index in [0.717, 1.165) is 0 Å². The molecule has 0 spiro atoms. The first-order valence-corrected chi connectivity index (χ1v) is 9.42. The van der Waals surface area contributed by atoms with E-state index in [1.54, 1.807) is 0 Å². The number of rotatable bonds is 2. The van der Waals surface area contributed by atoms with Crippen molar-refractivity contribution in [2.75, 3.05) is 7.05 Å². The Bertz CT molecular complexity index is 276. The van der Waals surface area contributed by atoms with Crippen molar-refractivity contribution in [3.05, 3.63) is 0 Å². The Kier molecular flexibility index (Phi) is 2.10. The molecule has 0 amide bonds. The first-order valence-electron chi connectivity index (χ1n) is 6.01. The maximum atomic E-state index is 6.31. The summed E-state index contributed by atoms with van der Waals surface area (Å²) in [6.45, 7) is 6.81. The monoisotopic (exact) mass is 227 g/mol. The summed E-state index contributed by atoms with van der Waals surface area (Å²) in [5.74, 6) is 0. The molecule has 0 aromatic rings. The first-order chi connectivity index (χ1) is 6.96. The molecule has 0 unspecified atom stereocenters. The molecular formula is C11H21NO2Si. The van der Waals surface area contributed by atoms with Gasteiger partial charge in [-0.2, -0.15) is 0 Å². The molecule has 86 valence electrons. The smallest absolute Gasteiger partial charge is 0.184 e. The van der Waals surface area contributed by atoms with Gasteiger partial charge in [0.15, 0.2) is 8.32 Å². The normalized spacial score (nSPS) is 49.2. The highest BCUT2D eigenvalue weighted by Gasteiger charge is 2.59. The minimum Gasteiger partial charge on any atom is -0.410 e. The van der Waals surface area contributed by atoms with Crippen LogP contribution in [-0.4, -0.2) is 50.7 Å². The van der Waals surface area contributed by atoms with Gasteiger partial charge >= 0.3 is 0 Å². The minimum absolute atomic E-state index is 0.352. The summed E-state index contributed by atoms with van der Waals surface area (Å²) in [4.78, 5) is 2.50. The third kappa shape index (κ3) is 1.50. The van der Waals surface area contributed by atoms with Gasteiger partial charge in [-0.3, -0.25) is 4.90 Å². The van der Waals surface area contributed by atoms with Crippen molar-refractivity contribution in [2.24, 2.45) is 0 Å². The second kappa shape index (κ2) is 3.06. The second-order valence-corrected chi connectivity index (χ2v) is 10.6. The summed E-state index contributed by atoms with van der Waals surface area (Å²) in [5.41, 5.74) is 0. The number of ether oxygens (including phenoxy) is 1. The molecule has 4 saturated heterocycles. The van der Waals surface area contributed by atoms with Gasteiger partial charge in [-0.1, -0.05) is 0 Å². The van der Waals surface area contributed by atoms with Gasteiger partial charge < -0.3 is 9.16 Å². The third-order valence-corrected chi connectivity index (χ3v) is 4.96. The summed E-state index contributed by atoms with van der Waals surface area (Å²) in [6.07, 6.45) is 3.65. The summed E-state index contributed by atoms with van der Waals surface area (Å²) in [5, 5.41) is 0. The molecule has 0 saturated carbocycles. The number of likely N-dealkylation sites (N-methyl/N-ethyl adjacent to an activating group) is 1. The van der Waals surface area contributed by atoms with E-state index >= 15 is 0 Å². The molecule has 15 heavy (non-hydrogen) atoms. The van der Waals surface area contributed by atoms with Crippen LogP contribution in [0.5, 0.6) is 0 Å². The first kappa shape index (κ1) is 10.3. The van der Waals surface area contributed by atoms with Gasteiger partial charge in [-0.05, 0) is 39.5 Å². The zero-order chi connectivity index (χ0) is 10.8. The van der Waals surface area contributed by atoms with Crippen molar-refractivity contribution < 1.29 is 9.16 Å². The van der Waals surface area contributed by atoms with Crippen molar-refractivity contribution in [1.82, 2.24) is 4.90 Å². The van der Waals surface area contributed by atoms with E-state index in [1.165, 1.54) is 12.8 Å². The predicted molar refractivity (Wildman–Crippen MR) is 61.5 cm³/mol. The SMILES string of the molecule is CN1[C@@H]2C[C@H]3C[C@@H]1[C@@H](O[Si](C)(C)C)[C@H]2O3. The van der Waals surface area contributed by atoms with E-state index in [-0.39, 0.29) is 0 Å². The zero-order valence-electron chi connectivity index (χ0n) is 10.1. The van der Waals surface area contributed by atoms with Crippen molar-refractivity contribution in [3.63, 3.8) is 0 Å². The third-order valence-electron chi connectivity index (χ3n) is 3.98. The van der Waals surface area contributed by atoms with Crippen LogP contribution in [0.3, 0.4) is 0 Å². The fourth-order valence-electron chi connectivity index (χ4n) is 3.44. The number of piperidine rings is 1. The van der Waals surface area contributed by atoms with Crippen molar-refractivity contribution >= 4 is 8.32 Å².